The molecule has 1 aliphatic rings. The predicted octanol–water partition coefficient (Wildman–Crippen LogP) is 3.64. The molecule has 1 saturated heterocycles. The molecular formula is C23H26ClN5O2S. The summed E-state index contributed by atoms with van der Waals surface area (Å²) in [4.78, 5) is 28.1. The van der Waals surface area contributed by atoms with Gasteiger partial charge in [0.05, 0.1) is 10.6 Å². The topological polar surface area (TPSA) is 79.6 Å². The maximum Gasteiger partial charge on any atom is 0.253 e. The lowest BCUT2D eigenvalue weighted by Crippen LogP contribution is -2.51. The highest BCUT2D eigenvalue weighted by molar-refractivity contribution is 7.98. The van der Waals surface area contributed by atoms with Gasteiger partial charge in [0.25, 0.3) is 5.91 Å². The smallest absolute Gasteiger partial charge is 0.253 e. The quantitative estimate of drug-likeness (QED) is 0.569. The summed E-state index contributed by atoms with van der Waals surface area (Å²) in [7, 11) is 0. The fourth-order valence-electron chi connectivity index (χ4n) is 4.12. The van der Waals surface area contributed by atoms with Gasteiger partial charge in [-0.2, -0.15) is 11.8 Å². The van der Waals surface area contributed by atoms with E-state index in [1.165, 1.54) is 0 Å². The number of likely N-dealkylation sites (tertiary alicyclic amines) is 1. The number of aromatic nitrogens is 3. The SMILES string of the molecule is CSCCC(NC(=O)c1ccccc1Cl)C(=O)N1CCCC(c2nnc3ccccn23)C1. The molecule has 2 atom stereocenters. The number of amides is 2. The number of fused-ring (bicyclic) bond motifs is 1. The molecule has 3 heterocycles. The summed E-state index contributed by atoms with van der Waals surface area (Å²) >= 11 is 7.83. The van der Waals surface area contributed by atoms with Crippen LogP contribution in [0.1, 0.15) is 41.4 Å². The van der Waals surface area contributed by atoms with Crippen LogP contribution >= 0.6 is 23.4 Å². The summed E-state index contributed by atoms with van der Waals surface area (Å²) in [6.45, 7) is 1.23. The molecule has 2 aromatic heterocycles. The number of nitrogens with one attached hydrogen (secondary N) is 1. The van der Waals surface area contributed by atoms with E-state index in [1.54, 1.807) is 36.0 Å². The van der Waals surface area contributed by atoms with Crippen molar-refractivity contribution in [2.45, 2.75) is 31.2 Å². The molecule has 0 radical (unpaired) electrons. The number of halogens is 1. The van der Waals surface area contributed by atoms with E-state index in [0.29, 0.717) is 30.1 Å². The van der Waals surface area contributed by atoms with Gasteiger partial charge in [0, 0.05) is 25.2 Å². The second-order valence-electron chi connectivity index (χ2n) is 7.90. The molecule has 7 nitrogen and oxygen atoms in total. The van der Waals surface area contributed by atoms with Crippen molar-refractivity contribution in [1.29, 1.82) is 0 Å². The summed E-state index contributed by atoms with van der Waals surface area (Å²) in [6, 6.07) is 12.1. The van der Waals surface area contributed by atoms with E-state index in [2.05, 4.69) is 15.5 Å². The molecule has 1 aliphatic heterocycles. The van der Waals surface area contributed by atoms with Crippen LogP contribution in [-0.4, -0.2) is 62.5 Å². The lowest BCUT2D eigenvalue weighted by atomic mass is 9.96. The van der Waals surface area contributed by atoms with Crippen LogP contribution in [0.3, 0.4) is 0 Å². The molecule has 0 aliphatic carbocycles. The minimum Gasteiger partial charge on any atom is -0.340 e. The van der Waals surface area contributed by atoms with Gasteiger partial charge in [0.15, 0.2) is 5.65 Å². The maximum atomic E-state index is 13.5. The van der Waals surface area contributed by atoms with Crippen molar-refractivity contribution in [1.82, 2.24) is 24.8 Å². The number of carbonyl (C=O) groups is 2. The zero-order chi connectivity index (χ0) is 22.5. The summed E-state index contributed by atoms with van der Waals surface area (Å²) in [5.74, 6) is 1.36. The average Bonchev–Trinajstić information content (AvgIpc) is 3.26. The maximum absolute atomic E-state index is 13.5. The van der Waals surface area contributed by atoms with Crippen molar-refractivity contribution in [3.63, 3.8) is 0 Å². The minimum absolute atomic E-state index is 0.0574. The average molecular weight is 472 g/mol. The van der Waals surface area contributed by atoms with Gasteiger partial charge in [-0.25, -0.2) is 0 Å². The van der Waals surface area contributed by atoms with Crippen LogP contribution in [0.2, 0.25) is 5.02 Å². The van der Waals surface area contributed by atoms with Gasteiger partial charge >= 0.3 is 0 Å². The Bertz CT molecular complexity index is 1100. The number of hydrogen-bond acceptors (Lipinski definition) is 5. The molecule has 0 saturated carbocycles. The Morgan fingerprint density at radius 1 is 1.22 bits per heavy atom. The summed E-state index contributed by atoms with van der Waals surface area (Å²) in [5.41, 5.74) is 1.18. The first-order chi connectivity index (χ1) is 15.6. The molecule has 1 aromatic carbocycles. The van der Waals surface area contributed by atoms with E-state index in [4.69, 9.17) is 11.6 Å². The normalized spacial score (nSPS) is 17.3. The molecule has 3 aromatic rings. The molecule has 168 valence electrons. The minimum atomic E-state index is -0.597. The molecule has 2 amide bonds. The number of hydrogen-bond donors (Lipinski definition) is 1. The zero-order valence-electron chi connectivity index (χ0n) is 17.9. The summed E-state index contributed by atoms with van der Waals surface area (Å²) in [6.07, 6.45) is 6.33. The molecule has 1 N–H and O–H groups in total. The van der Waals surface area contributed by atoms with Crippen LogP contribution in [0, 0.1) is 0 Å². The van der Waals surface area contributed by atoms with Crippen molar-refractivity contribution in [3.8, 4) is 0 Å². The first-order valence-corrected chi connectivity index (χ1v) is 12.5. The van der Waals surface area contributed by atoms with Crippen molar-refractivity contribution < 1.29 is 9.59 Å². The number of benzene rings is 1. The van der Waals surface area contributed by atoms with E-state index >= 15 is 0 Å². The molecule has 9 heteroatoms. The van der Waals surface area contributed by atoms with Gasteiger partial charge in [-0.05, 0) is 55.5 Å². The van der Waals surface area contributed by atoms with Crippen LogP contribution in [0.25, 0.3) is 5.65 Å². The number of rotatable bonds is 7. The molecule has 0 spiro atoms. The molecule has 2 unspecified atom stereocenters. The highest BCUT2D eigenvalue weighted by Gasteiger charge is 2.32. The van der Waals surface area contributed by atoms with Gasteiger partial charge in [0.2, 0.25) is 5.91 Å². The monoisotopic (exact) mass is 471 g/mol. The van der Waals surface area contributed by atoms with E-state index in [-0.39, 0.29) is 17.7 Å². The molecule has 4 rings (SSSR count). The van der Waals surface area contributed by atoms with Gasteiger partial charge in [-0.3, -0.25) is 14.0 Å². The second-order valence-corrected chi connectivity index (χ2v) is 9.29. The third-order valence-electron chi connectivity index (χ3n) is 5.77. The lowest BCUT2D eigenvalue weighted by molar-refractivity contribution is -0.134. The van der Waals surface area contributed by atoms with Crippen molar-refractivity contribution in [2.75, 3.05) is 25.1 Å². The van der Waals surface area contributed by atoms with E-state index in [9.17, 15) is 9.59 Å². The van der Waals surface area contributed by atoms with E-state index < -0.39 is 6.04 Å². The van der Waals surface area contributed by atoms with Gasteiger partial charge in [-0.15, -0.1) is 10.2 Å². The Labute approximate surface area is 196 Å². The summed E-state index contributed by atoms with van der Waals surface area (Å²) in [5, 5.41) is 11.9. The first-order valence-electron chi connectivity index (χ1n) is 10.7. The third kappa shape index (κ3) is 4.91. The Balaban J connectivity index is 1.50. The zero-order valence-corrected chi connectivity index (χ0v) is 19.5. The van der Waals surface area contributed by atoms with Gasteiger partial charge in [0.1, 0.15) is 11.9 Å². The van der Waals surface area contributed by atoms with Crippen molar-refractivity contribution in [3.05, 3.63) is 65.1 Å². The molecular weight excluding hydrogens is 446 g/mol. The number of piperidine rings is 1. The van der Waals surface area contributed by atoms with Crippen LogP contribution in [-0.2, 0) is 4.79 Å². The Morgan fingerprint density at radius 2 is 2.03 bits per heavy atom. The Kier molecular flexibility index (Phi) is 7.32. The van der Waals surface area contributed by atoms with Crippen molar-refractivity contribution in [2.24, 2.45) is 0 Å². The Hall–Kier alpha value is -2.58. The van der Waals surface area contributed by atoms with Crippen LogP contribution in [0.15, 0.2) is 48.7 Å². The van der Waals surface area contributed by atoms with E-state index in [1.807, 2.05) is 40.0 Å². The highest BCUT2D eigenvalue weighted by atomic mass is 35.5. The highest BCUT2D eigenvalue weighted by Crippen LogP contribution is 2.27. The molecule has 1 fully saturated rings. The van der Waals surface area contributed by atoms with Gasteiger partial charge in [-0.1, -0.05) is 29.8 Å². The number of thioether (sulfide) groups is 1. The number of carbonyl (C=O) groups excluding carboxylic acids is 2. The largest absolute Gasteiger partial charge is 0.340 e. The third-order valence-corrected chi connectivity index (χ3v) is 6.74. The fraction of sp³-hybridized carbons (Fsp3) is 0.391. The standard InChI is InChI=1S/C23H26ClN5O2S/c1-32-14-11-19(25-22(30)17-8-2-3-9-18(17)24)23(31)28-12-6-7-16(15-28)21-27-26-20-10-4-5-13-29(20)21/h2-5,8-10,13,16,19H,6-7,11-12,14-15H2,1H3,(H,25,30). The van der Waals surface area contributed by atoms with Crippen LogP contribution in [0.5, 0.6) is 0 Å². The van der Waals surface area contributed by atoms with Crippen molar-refractivity contribution >= 4 is 40.8 Å². The van der Waals surface area contributed by atoms with Crippen LogP contribution in [0.4, 0.5) is 0 Å². The lowest BCUT2D eigenvalue weighted by Gasteiger charge is -2.34. The molecule has 0 bridgehead atoms. The Morgan fingerprint density at radius 3 is 2.84 bits per heavy atom. The van der Waals surface area contributed by atoms with Crippen LogP contribution < -0.4 is 5.32 Å². The fourth-order valence-corrected chi connectivity index (χ4v) is 4.81. The van der Waals surface area contributed by atoms with Gasteiger partial charge < -0.3 is 10.2 Å². The number of nitrogens with zero attached hydrogens (tertiary/aromatic N) is 4. The predicted molar refractivity (Wildman–Crippen MR) is 127 cm³/mol. The van der Waals surface area contributed by atoms with E-state index in [0.717, 1.165) is 30.1 Å². The first kappa shape index (κ1) is 22.6. The summed E-state index contributed by atoms with van der Waals surface area (Å²) < 4.78 is 1.99. The molecule has 32 heavy (non-hydrogen) atoms. The number of pyridine rings is 1. The second kappa shape index (κ2) is 10.4.